The zero-order valence-electron chi connectivity index (χ0n) is 21.6. The first-order valence-corrected chi connectivity index (χ1v) is 12.2. The SMILES string of the molecule is Nc1nc(N)c2c(cc(-c3ccccc3C(F)(F)F)c3c2ccn3CCOCc2ccccc2)n1.O=C(O)C(F)(F)F. The molecule has 8 nitrogen and oxygen atoms in total. The number of hydrogen-bond acceptors (Lipinski definition) is 6. The molecule has 42 heavy (non-hydrogen) atoms. The van der Waals surface area contributed by atoms with E-state index >= 15 is 0 Å². The Kier molecular flexibility index (Phi) is 8.56. The number of carboxylic acid groups (broad SMARTS) is 1. The number of benzene rings is 3. The Morgan fingerprint density at radius 3 is 2.19 bits per heavy atom. The lowest BCUT2D eigenvalue weighted by atomic mass is 9.95. The summed E-state index contributed by atoms with van der Waals surface area (Å²) in [6.45, 7) is 1.23. The number of carboxylic acids is 1. The number of carbonyl (C=O) groups is 1. The van der Waals surface area contributed by atoms with Gasteiger partial charge in [-0.25, -0.2) is 9.78 Å². The number of hydrogen-bond donors (Lipinski definition) is 3. The van der Waals surface area contributed by atoms with Crippen molar-refractivity contribution in [1.82, 2.24) is 14.5 Å². The fraction of sp³-hybridized carbons (Fsp3) is 0.179. The van der Waals surface area contributed by atoms with Crippen LogP contribution in [0.4, 0.5) is 38.1 Å². The minimum atomic E-state index is -5.08. The number of fused-ring (bicyclic) bond motifs is 3. The van der Waals surface area contributed by atoms with Crippen molar-refractivity contribution in [2.24, 2.45) is 0 Å². The smallest absolute Gasteiger partial charge is 0.475 e. The predicted octanol–water partition coefficient (Wildman–Crippen LogP) is 6.28. The molecule has 5 aromatic rings. The Morgan fingerprint density at radius 1 is 0.905 bits per heavy atom. The predicted molar refractivity (Wildman–Crippen MR) is 144 cm³/mol. The molecule has 14 heteroatoms. The third-order valence-electron chi connectivity index (χ3n) is 6.10. The molecule has 3 aromatic carbocycles. The lowest BCUT2D eigenvalue weighted by Crippen LogP contribution is -2.21. The van der Waals surface area contributed by atoms with Crippen molar-refractivity contribution in [3.8, 4) is 11.1 Å². The highest BCUT2D eigenvalue weighted by Gasteiger charge is 2.38. The van der Waals surface area contributed by atoms with Crippen LogP contribution in [0.15, 0.2) is 72.9 Å². The molecule has 0 atom stereocenters. The number of aromatic nitrogens is 3. The van der Waals surface area contributed by atoms with Crippen molar-refractivity contribution in [3.05, 3.63) is 84.1 Å². The molecule has 0 unspecified atom stereocenters. The average Bonchev–Trinajstić information content (AvgIpc) is 3.34. The van der Waals surface area contributed by atoms with Gasteiger partial charge in [0, 0.05) is 23.7 Å². The summed E-state index contributed by atoms with van der Waals surface area (Å²) in [5.41, 5.74) is 13.7. The van der Waals surface area contributed by atoms with Crippen LogP contribution in [0.1, 0.15) is 11.1 Å². The van der Waals surface area contributed by atoms with Gasteiger partial charge in [0.25, 0.3) is 0 Å². The van der Waals surface area contributed by atoms with Crippen molar-refractivity contribution in [1.29, 1.82) is 0 Å². The van der Waals surface area contributed by atoms with E-state index < -0.39 is 23.9 Å². The second-order valence-electron chi connectivity index (χ2n) is 8.94. The lowest BCUT2D eigenvalue weighted by Gasteiger charge is -2.17. The Hall–Kier alpha value is -4.85. The van der Waals surface area contributed by atoms with Crippen LogP contribution in [-0.2, 0) is 28.9 Å². The van der Waals surface area contributed by atoms with Crippen LogP contribution in [-0.4, -0.2) is 38.4 Å². The van der Waals surface area contributed by atoms with E-state index in [-0.39, 0.29) is 17.3 Å². The first kappa shape index (κ1) is 30.1. The Labute approximate surface area is 234 Å². The van der Waals surface area contributed by atoms with Gasteiger partial charge in [-0.05, 0) is 29.3 Å². The van der Waals surface area contributed by atoms with E-state index in [1.807, 2.05) is 47.2 Å². The van der Waals surface area contributed by atoms with Crippen molar-refractivity contribution in [2.75, 3.05) is 18.1 Å². The molecule has 0 bridgehead atoms. The molecule has 0 aliphatic carbocycles. The first-order valence-electron chi connectivity index (χ1n) is 12.2. The Balaban J connectivity index is 0.000000517. The second-order valence-corrected chi connectivity index (χ2v) is 8.94. The molecular weight excluding hydrogens is 568 g/mol. The molecule has 0 fully saturated rings. The van der Waals surface area contributed by atoms with Gasteiger partial charge >= 0.3 is 18.3 Å². The Bertz CT molecular complexity index is 1720. The molecule has 0 saturated carbocycles. The summed E-state index contributed by atoms with van der Waals surface area (Å²) >= 11 is 0. The van der Waals surface area contributed by atoms with Gasteiger partial charge in [0.1, 0.15) is 5.82 Å². The van der Waals surface area contributed by atoms with Crippen LogP contribution >= 0.6 is 0 Å². The molecule has 0 saturated heterocycles. The number of nitrogens with zero attached hydrogens (tertiary/aromatic N) is 3. The topological polar surface area (TPSA) is 129 Å². The van der Waals surface area contributed by atoms with Crippen molar-refractivity contribution in [3.63, 3.8) is 0 Å². The van der Waals surface area contributed by atoms with Crippen molar-refractivity contribution >= 4 is 39.5 Å². The van der Waals surface area contributed by atoms with Crippen LogP contribution in [0, 0.1) is 0 Å². The number of nitrogen functional groups attached to an aromatic ring is 2. The maximum Gasteiger partial charge on any atom is 0.490 e. The maximum absolute atomic E-state index is 13.9. The van der Waals surface area contributed by atoms with Crippen molar-refractivity contribution < 1.29 is 41.0 Å². The van der Waals surface area contributed by atoms with E-state index in [1.165, 1.54) is 12.1 Å². The number of halogens is 6. The fourth-order valence-corrected chi connectivity index (χ4v) is 4.36. The van der Waals surface area contributed by atoms with E-state index in [4.69, 9.17) is 26.1 Å². The highest BCUT2D eigenvalue weighted by atomic mass is 19.4. The molecule has 2 heterocycles. The van der Waals surface area contributed by atoms with E-state index in [9.17, 15) is 26.3 Å². The average molecular weight is 592 g/mol. The summed E-state index contributed by atoms with van der Waals surface area (Å²) in [4.78, 5) is 17.2. The molecule has 220 valence electrons. The van der Waals surface area contributed by atoms with Crippen molar-refractivity contribution in [2.45, 2.75) is 25.5 Å². The highest BCUT2D eigenvalue weighted by Crippen LogP contribution is 2.42. The summed E-state index contributed by atoms with van der Waals surface area (Å²) in [5.74, 6) is -2.63. The minimum Gasteiger partial charge on any atom is -0.475 e. The fourth-order valence-electron chi connectivity index (χ4n) is 4.36. The van der Waals surface area contributed by atoms with Crippen LogP contribution in [0.25, 0.3) is 32.9 Å². The van der Waals surface area contributed by atoms with E-state index in [0.29, 0.717) is 47.1 Å². The molecule has 0 radical (unpaired) electrons. The van der Waals surface area contributed by atoms with Crippen LogP contribution < -0.4 is 11.5 Å². The molecule has 0 aliphatic heterocycles. The van der Waals surface area contributed by atoms with Gasteiger partial charge in [-0.2, -0.15) is 31.3 Å². The largest absolute Gasteiger partial charge is 0.490 e. The van der Waals surface area contributed by atoms with Gasteiger partial charge < -0.3 is 25.9 Å². The second kappa shape index (κ2) is 11.9. The number of alkyl halides is 6. The monoisotopic (exact) mass is 591 g/mol. The third-order valence-corrected chi connectivity index (χ3v) is 6.10. The summed E-state index contributed by atoms with van der Waals surface area (Å²) in [7, 11) is 0. The minimum absolute atomic E-state index is 0.0434. The number of ether oxygens (including phenoxy) is 1. The zero-order chi connectivity index (χ0) is 30.7. The zero-order valence-corrected chi connectivity index (χ0v) is 21.6. The lowest BCUT2D eigenvalue weighted by molar-refractivity contribution is -0.192. The van der Waals surface area contributed by atoms with Crippen LogP contribution in [0.3, 0.4) is 0 Å². The van der Waals surface area contributed by atoms with Gasteiger partial charge in [0.2, 0.25) is 5.95 Å². The standard InChI is InChI=1S/C26H22F3N5O.C2HF3O2/c27-26(28,29)20-9-5-4-8-17(20)19-14-21-22(24(30)33-25(31)32-21)18-10-11-34(23(18)19)12-13-35-15-16-6-2-1-3-7-16;3-2(4,5)1(6)7/h1-11,14H,12-13,15H2,(H4,30,31,32,33);(H,6,7). The van der Waals surface area contributed by atoms with Crippen LogP contribution in [0.2, 0.25) is 0 Å². The summed E-state index contributed by atoms with van der Waals surface area (Å²) < 4.78 is 81.2. The molecule has 2 aromatic heterocycles. The quantitative estimate of drug-likeness (QED) is 0.156. The molecule has 0 aliphatic rings. The molecular formula is C28H23F6N5O3. The summed E-state index contributed by atoms with van der Waals surface area (Å²) in [6.07, 6.45) is -7.80. The third kappa shape index (κ3) is 6.71. The Morgan fingerprint density at radius 2 is 1.55 bits per heavy atom. The van der Waals surface area contributed by atoms with Gasteiger partial charge in [-0.3, -0.25) is 0 Å². The number of nitrogens with two attached hydrogens (primary N) is 2. The maximum atomic E-state index is 13.9. The van der Waals surface area contributed by atoms with Gasteiger partial charge in [-0.1, -0.05) is 48.5 Å². The molecule has 0 spiro atoms. The van der Waals surface area contributed by atoms with E-state index in [1.54, 1.807) is 12.1 Å². The summed E-state index contributed by atoms with van der Waals surface area (Å²) in [5, 5.41) is 8.32. The number of anilines is 2. The molecule has 5 N–H and O–H groups in total. The summed E-state index contributed by atoms with van der Waals surface area (Å²) in [6, 6.07) is 18.6. The van der Waals surface area contributed by atoms with Gasteiger partial charge in [0.05, 0.1) is 35.2 Å². The number of aliphatic carboxylic acids is 1. The first-order chi connectivity index (χ1) is 19.8. The van der Waals surface area contributed by atoms with E-state index in [0.717, 1.165) is 11.6 Å². The molecule has 0 amide bonds. The van der Waals surface area contributed by atoms with Gasteiger partial charge in [0.15, 0.2) is 0 Å². The van der Waals surface area contributed by atoms with Gasteiger partial charge in [-0.15, -0.1) is 0 Å². The van der Waals surface area contributed by atoms with Crippen LogP contribution in [0.5, 0.6) is 0 Å². The highest BCUT2D eigenvalue weighted by molar-refractivity contribution is 6.15. The normalized spacial score (nSPS) is 11.9. The molecule has 5 rings (SSSR count). The van der Waals surface area contributed by atoms with E-state index in [2.05, 4.69) is 9.97 Å². The number of rotatable bonds is 6.